The Morgan fingerprint density at radius 1 is 1.69 bits per heavy atom. The van der Waals surface area contributed by atoms with Crippen molar-refractivity contribution in [1.29, 1.82) is 0 Å². The Kier molecular flexibility index (Phi) is 2.59. The second-order valence-corrected chi connectivity index (χ2v) is 3.95. The van der Waals surface area contributed by atoms with Crippen molar-refractivity contribution >= 4 is 11.9 Å². The van der Waals surface area contributed by atoms with E-state index in [1.54, 1.807) is 0 Å². The molecule has 0 N–H and O–H groups in total. The van der Waals surface area contributed by atoms with E-state index in [0.717, 1.165) is 0 Å². The van der Waals surface area contributed by atoms with E-state index in [0.29, 0.717) is 6.42 Å². The van der Waals surface area contributed by atoms with Gasteiger partial charge < -0.3 is 9.47 Å². The van der Waals surface area contributed by atoms with Crippen molar-refractivity contribution in [3.05, 3.63) is 0 Å². The summed E-state index contributed by atoms with van der Waals surface area (Å²) >= 11 is 0. The zero-order valence-electron chi connectivity index (χ0n) is 8.12. The zero-order chi connectivity index (χ0) is 10.1. The first-order chi connectivity index (χ1) is 5.92. The fraction of sp³-hybridized carbons (Fsp3) is 0.778. The van der Waals surface area contributed by atoms with Gasteiger partial charge in [-0.2, -0.15) is 0 Å². The smallest absolute Gasteiger partial charge is 0.306 e. The fourth-order valence-corrected chi connectivity index (χ4v) is 1.30. The maximum absolute atomic E-state index is 11.0. The summed E-state index contributed by atoms with van der Waals surface area (Å²) in [5, 5.41) is 0. The molecule has 1 aliphatic rings. The van der Waals surface area contributed by atoms with Crippen molar-refractivity contribution in [2.75, 3.05) is 6.61 Å². The third kappa shape index (κ3) is 2.44. The van der Waals surface area contributed by atoms with E-state index in [4.69, 9.17) is 9.47 Å². The van der Waals surface area contributed by atoms with Crippen LogP contribution in [0.4, 0.5) is 0 Å². The molecule has 4 nitrogen and oxygen atoms in total. The lowest BCUT2D eigenvalue weighted by Crippen LogP contribution is -2.30. The van der Waals surface area contributed by atoms with E-state index >= 15 is 0 Å². The molecule has 1 rings (SSSR count). The maximum atomic E-state index is 11.0. The van der Waals surface area contributed by atoms with Gasteiger partial charge in [0.05, 0.1) is 6.42 Å². The molecule has 1 heterocycles. The quantitative estimate of drug-likeness (QED) is 0.601. The first-order valence-electron chi connectivity index (χ1n) is 4.24. The minimum atomic E-state index is -0.348. The van der Waals surface area contributed by atoms with Gasteiger partial charge in [0, 0.05) is 12.3 Å². The molecule has 1 atom stereocenters. The molecule has 1 saturated heterocycles. The van der Waals surface area contributed by atoms with Crippen LogP contribution < -0.4 is 0 Å². The van der Waals surface area contributed by atoms with Crippen LogP contribution >= 0.6 is 0 Å². The van der Waals surface area contributed by atoms with E-state index in [2.05, 4.69) is 0 Å². The summed E-state index contributed by atoms with van der Waals surface area (Å²) < 4.78 is 9.80. The van der Waals surface area contributed by atoms with E-state index in [1.807, 2.05) is 13.8 Å². The average molecular weight is 186 g/mol. The summed E-state index contributed by atoms with van der Waals surface area (Å²) in [5.74, 6) is -0.569. The molecule has 1 aliphatic heterocycles. The Balaban J connectivity index is 2.50. The van der Waals surface area contributed by atoms with Gasteiger partial charge in [-0.15, -0.1) is 0 Å². The van der Waals surface area contributed by atoms with Gasteiger partial charge in [0.25, 0.3) is 0 Å². The van der Waals surface area contributed by atoms with Crippen LogP contribution in [0.25, 0.3) is 0 Å². The van der Waals surface area contributed by atoms with Crippen LogP contribution in [-0.2, 0) is 19.1 Å². The summed E-state index contributed by atoms with van der Waals surface area (Å²) in [5.41, 5.74) is -0.230. The van der Waals surface area contributed by atoms with Crippen molar-refractivity contribution < 1.29 is 19.1 Å². The molecule has 4 heteroatoms. The van der Waals surface area contributed by atoms with Crippen LogP contribution in [-0.4, -0.2) is 24.6 Å². The minimum absolute atomic E-state index is 0.161. The number of rotatable bonds is 2. The van der Waals surface area contributed by atoms with Crippen LogP contribution in [0.1, 0.15) is 27.2 Å². The Bertz CT molecular complexity index is 232. The van der Waals surface area contributed by atoms with Gasteiger partial charge in [-0.3, -0.25) is 9.59 Å². The highest BCUT2D eigenvalue weighted by Crippen LogP contribution is 2.34. The minimum Gasteiger partial charge on any atom is -0.462 e. The van der Waals surface area contributed by atoms with Crippen LogP contribution in [0.15, 0.2) is 0 Å². The second kappa shape index (κ2) is 3.36. The summed E-state index contributed by atoms with van der Waals surface area (Å²) in [6.07, 6.45) is 0.0859. The predicted octanol–water partition coefficient (Wildman–Crippen LogP) is 0.891. The normalized spacial score (nSPS) is 25.5. The monoisotopic (exact) mass is 186 g/mol. The largest absolute Gasteiger partial charge is 0.462 e. The SMILES string of the molecule is CC(=O)OCC1OC(=O)CC1(C)C. The van der Waals surface area contributed by atoms with Crippen molar-refractivity contribution in [1.82, 2.24) is 0 Å². The highest BCUT2D eigenvalue weighted by Gasteiger charge is 2.42. The first kappa shape index (κ1) is 10.0. The molecule has 1 fully saturated rings. The van der Waals surface area contributed by atoms with Crippen molar-refractivity contribution in [2.45, 2.75) is 33.3 Å². The lowest BCUT2D eigenvalue weighted by molar-refractivity contribution is -0.152. The standard InChI is InChI=1S/C9H14O4/c1-6(10)12-5-7-9(2,3)4-8(11)13-7/h7H,4-5H2,1-3H3. The highest BCUT2D eigenvalue weighted by molar-refractivity contribution is 5.73. The Morgan fingerprint density at radius 2 is 2.31 bits per heavy atom. The molecule has 13 heavy (non-hydrogen) atoms. The van der Waals surface area contributed by atoms with Crippen molar-refractivity contribution in [2.24, 2.45) is 5.41 Å². The van der Waals surface area contributed by atoms with Crippen LogP contribution in [0.3, 0.4) is 0 Å². The molecule has 0 aliphatic carbocycles. The zero-order valence-corrected chi connectivity index (χ0v) is 8.12. The van der Waals surface area contributed by atoms with E-state index < -0.39 is 0 Å². The van der Waals surface area contributed by atoms with Crippen LogP contribution in [0.5, 0.6) is 0 Å². The highest BCUT2D eigenvalue weighted by atomic mass is 16.6. The lowest BCUT2D eigenvalue weighted by Gasteiger charge is -2.22. The summed E-state index contributed by atoms with van der Waals surface area (Å²) in [7, 11) is 0. The molecule has 0 radical (unpaired) electrons. The molecule has 0 aromatic heterocycles. The van der Waals surface area contributed by atoms with E-state index in [9.17, 15) is 9.59 Å². The van der Waals surface area contributed by atoms with Gasteiger partial charge in [-0.1, -0.05) is 13.8 Å². The lowest BCUT2D eigenvalue weighted by atomic mass is 9.86. The van der Waals surface area contributed by atoms with Gasteiger partial charge >= 0.3 is 11.9 Å². The number of carbonyl (C=O) groups excluding carboxylic acids is 2. The van der Waals surface area contributed by atoms with Crippen LogP contribution in [0, 0.1) is 5.41 Å². The van der Waals surface area contributed by atoms with Gasteiger partial charge in [0.1, 0.15) is 12.7 Å². The second-order valence-electron chi connectivity index (χ2n) is 3.95. The molecular weight excluding hydrogens is 172 g/mol. The van der Waals surface area contributed by atoms with Crippen molar-refractivity contribution in [3.8, 4) is 0 Å². The molecule has 0 aromatic rings. The average Bonchev–Trinajstić information content (AvgIpc) is 2.19. The van der Waals surface area contributed by atoms with Gasteiger partial charge in [0.2, 0.25) is 0 Å². The number of ether oxygens (including phenoxy) is 2. The Labute approximate surface area is 77.2 Å². The molecule has 74 valence electrons. The first-order valence-corrected chi connectivity index (χ1v) is 4.24. The Hall–Kier alpha value is -1.06. The summed E-state index contributed by atoms with van der Waals surface area (Å²) in [4.78, 5) is 21.5. The third-order valence-corrected chi connectivity index (χ3v) is 2.18. The molecule has 0 spiro atoms. The number of hydrogen-bond acceptors (Lipinski definition) is 4. The summed E-state index contributed by atoms with van der Waals surface area (Å²) in [6, 6.07) is 0. The number of hydrogen-bond donors (Lipinski definition) is 0. The van der Waals surface area contributed by atoms with E-state index in [-0.39, 0.29) is 30.1 Å². The fourth-order valence-electron chi connectivity index (χ4n) is 1.30. The molecule has 0 bridgehead atoms. The van der Waals surface area contributed by atoms with E-state index in [1.165, 1.54) is 6.92 Å². The molecular formula is C9H14O4. The Morgan fingerprint density at radius 3 is 2.69 bits per heavy atom. The number of cyclic esters (lactones) is 1. The molecule has 1 unspecified atom stereocenters. The molecule has 0 saturated carbocycles. The van der Waals surface area contributed by atoms with Crippen molar-refractivity contribution in [3.63, 3.8) is 0 Å². The predicted molar refractivity (Wildman–Crippen MR) is 44.9 cm³/mol. The topological polar surface area (TPSA) is 52.6 Å². The van der Waals surface area contributed by atoms with Gasteiger partial charge in [-0.25, -0.2) is 0 Å². The third-order valence-electron chi connectivity index (χ3n) is 2.18. The number of esters is 2. The maximum Gasteiger partial charge on any atom is 0.306 e. The molecule has 0 amide bonds. The summed E-state index contributed by atoms with van der Waals surface area (Å²) in [6.45, 7) is 5.34. The molecule has 0 aromatic carbocycles. The van der Waals surface area contributed by atoms with Crippen LogP contribution in [0.2, 0.25) is 0 Å². The number of carbonyl (C=O) groups is 2. The van der Waals surface area contributed by atoms with Gasteiger partial charge in [0.15, 0.2) is 0 Å². The van der Waals surface area contributed by atoms with Gasteiger partial charge in [-0.05, 0) is 0 Å².